The summed E-state index contributed by atoms with van der Waals surface area (Å²) in [5, 5.41) is 8.65. The van der Waals surface area contributed by atoms with Gasteiger partial charge in [-0.1, -0.05) is 13.0 Å². The number of aliphatic carboxylic acids is 1. The van der Waals surface area contributed by atoms with Crippen LogP contribution >= 0.6 is 0 Å². The first kappa shape index (κ1) is 14.7. The number of nitrogens with zero attached hydrogens (tertiary/aromatic N) is 1. The molecule has 0 bridgehead atoms. The number of carbonyl (C=O) groups excluding carboxylic acids is 1. The SMILES string of the molecule is COCC1=CCN(C(=O)CC(C)CC(=O)O)CC1. The average Bonchev–Trinajstić information content (AvgIpc) is 2.29. The molecule has 1 heterocycles. The second kappa shape index (κ2) is 7.16. The molecule has 0 saturated heterocycles. The Bertz CT molecular complexity index is 338. The molecule has 1 aliphatic rings. The lowest BCUT2D eigenvalue weighted by Crippen LogP contribution is -2.36. The third-order valence-corrected chi connectivity index (χ3v) is 3.03. The normalized spacial score (nSPS) is 17.2. The fraction of sp³-hybridized carbons (Fsp3) is 0.692. The van der Waals surface area contributed by atoms with Gasteiger partial charge in [0.15, 0.2) is 0 Å². The van der Waals surface area contributed by atoms with Crippen LogP contribution in [0.3, 0.4) is 0 Å². The summed E-state index contributed by atoms with van der Waals surface area (Å²) in [6.07, 6.45) is 3.21. The zero-order valence-corrected chi connectivity index (χ0v) is 11.0. The summed E-state index contributed by atoms with van der Waals surface area (Å²) in [5.74, 6) is -0.924. The Morgan fingerprint density at radius 1 is 1.50 bits per heavy atom. The molecule has 1 atom stereocenters. The quantitative estimate of drug-likeness (QED) is 0.726. The Morgan fingerprint density at radius 3 is 2.72 bits per heavy atom. The predicted molar refractivity (Wildman–Crippen MR) is 67.2 cm³/mol. The van der Waals surface area contributed by atoms with Gasteiger partial charge in [-0.05, 0) is 17.9 Å². The van der Waals surface area contributed by atoms with Gasteiger partial charge < -0.3 is 14.7 Å². The van der Waals surface area contributed by atoms with Crippen molar-refractivity contribution in [1.82, 2.24) is 4.90 Å². The van der Waals surface area contributed by atoms with Crippen molar-refractivity contribution < 1.29 is 19.4 Å². The van der Waals surface area contributed by atoms with E-state index in [9.17, 15) is 9.59 Å². The Kier molecular flexibility index (Phi) is 5.85. The van der Waals surface area contributed by atoms with Crippen LogP contribution in [0.5, 0.6) is 0 Å². The Morgan fingerprint density at radius 2 is 2.22 bits per heavy atom. The molecule has 1 N–H and O–H groups in total. The largest absolute Gasteiger partial charge is 0.481 e. The van der Waals surface area contributed by atoms with Gasteiger partial charge in [0.05, 0.1) is 6.61 Å². The van der Waals surface area contributed by atoms with Gasteiger partial charge in [0.2, 0.25) is 5.91 Å². The Hall–Kier alpha value is -1.36. The molecule has 0 radical (unpaired) electrons. The zero-order chi connectivity index (χ0) is 13.5. The van der Waals surface area contributed by atoms with E-state index in [0.29, 0.717) is 26.1 Å². The van der Waals surface area contributed by atoms with Gasteiger partial charge in [0, 0.05) is 33.0 Å². The lowest BCUT2D eigenvalue weighted by Gasteiger charge is -2.27. The van der Waals surface area contributed by atoms with E-state index in [1.54, 1.807) is 18.9 Å². The van der Waals surface area contributed by atoms with Crippen molar-refractivity contribution >= 4 is 11.9 Å². The number of ether oxygens (including phenoxy) is 1. The van der Waals surface area contributed by atoms with Crippen LogP contribution in [-0.4, -0.2) is 48.7 Å². The number of hydrogen-bond acceptors (Lipinski definition) is 3. The Balaban J connectivity index is 2.38. The highest BCUT2D eigenvalue weighted by atomic mass is 16.5. The molecule has 0 aliphatic carbocycles. The van der Waals surface area contributed by atoms with Gasteiger partial charge in [0.1, 0.15) is 0 Å². The molecule has 18 heavy (non-hydrogen) atoms. The predicted octanol–water partition coefficient (Wildman–Crippen LogP) is 1.29. The van der Waals surface area contributed by atoms with Crippen molar-refractivity contribution in [2.75, 3.05) is 26.8 Å². The van der Waals surface area contributed by atoms with E-state index in [-0.39, 0.29) is 18.2 Å². The number of rotatable bonds is 6. The summed E-state index contributed by atoms with van der Waals surface area (Å²) < 4.78 is 5.05. The fourth-order valence-corrected chi connectivity index (χ4v) is 2.05. The third-order valence-electron chi connectivity index (χ3n) is 3.03. The molecule has 1 unspecified atom stereocenters. The van der Waals surface area contributed by atoms with Crippen LogP contribution in [0.15, 0.2) is 11.6 Å². The maximum atomic E-state index is 11.9. The molecule has 1 amide bonds. The smallest absolute Gasteiger partial charge is 0.303 e. The average molecular weight is 255 g/mol. The van der Waals surface area contributed by atoms with Crippen LogP contribution in [0.25, 0.3) is 0 Å². The first-order valence-electron chi connectivity index (χ1n) is 6.19. The molecular weight excluding hydrogens is 234 g/mol. The van der Waals surface area contributed by atoms with Crippen molar-refractivity contribution in [3.05, 3.63) is 11.6 Å². The standard InChI is InChI=1S/C13H21NO4/c1-10(8-13(16)17)7-12(15)14-5-3-11(4-6-14)9-18-2/h3,10H,4-9H2,1-2H3,(H,16,17). The van der Waals surface area contributed by atoms with Gasteiger partial charge in [-0.25, -0.2) is 0 Å². The highest BCUT2D eigenvalue weighted by molar-refractivity contribution is 5.77. The van der Waals surface area contributed by atoms with Crippen molar-refractivity contribution in [1.29, 1.82) is 0 Å². The monoisotopic (exact) mass is 255 g/mol. The van der Waals surface area contributed by atoms with E-state index in [1.165, 1.54) is 5.57 Å². The molecule has 0 spiro atoms. The highest BCUT2D eigenvalue weighted by Gasteiger charge is 2.20. The molecular formula is C13H21NO4. The third kappa shape index (κ3) is 4.87. The van der Waals surface area contributed by atoms with E-state index >= 15 is 0 Å². The first-order chi connectivity index (χ1) is 8.52. The van der Waals surface area contributed by atoms with Crippen LogP contribution < -0.4 is 0 Å². The molecule has 102 valence electrons. The number of hydrogen-bond donors (Lipinski definition) is 1. The summed E-state index contributed by atoms with van der Waals surface area (Å²) in [5.41, 5.74) is 1.22. The molecule has 0 aromatic carbocycles. The van der Waals surface area contributed by atoms with Crippen molar-refractivity contribution in [3.63, 3.8) is 0 Å². The fourth-order valence-electron chi connectivity index (χ4n) is 2.05. The summed E-state index contributed by atoms with van der Waals surface area (Å²) in [6.45, 7) is 3.73. The molecule has 0 aromatic heterocycles. The van der Waals surface area contributed by atoms with Crippen molar-refractivity contribution in [3.8, 4) is 0 Å². The van der Waals surface area contributed by atoms with Crippen LogP contribution in [0.1, 0.15) is 26.2 Å². The van der Waals surface area contributed by atoms with Crippen molar-refractivity contribution in [2.24, 2.45) is 5.92 Å². The summed E-state index contributed by atoms with van der Waals surface area (Å²) >= 11 is 0. The van der Waals surface area contributed by atoms with Crippen LogP contribution in [0, 0.1) is 5.92 Å². The number of amides is 1. The highest BCUT2D eigenvalue weighted by Crippen LogP contribution is 2.15. The maximum absolute atomic E-state index is 11.9. The lowest BCUT2D eigenvalue weighted by molar-refractivity contribution is -0.138. The second-order valence-electron chi connectivity index (χ2n) is 4.79. The van der Waals surface area contributed by atoms with E-state index < -0.39 is 5.97 Å². The van der Waals surface area contributed by atoms with Gasteiger partial charge in [-0.3, -0.25) is 9.59 Å². The minimum absolute atomic E-state index is 0.0384. The lowest BCUT2D eigenvalue weighted by atomic mass is 10.0. The van der Waals surface area contributed by atoms with Crippen LogP contribution in [-0.2, 0) is 14.3 Å². The molecule has 0 saturated carbocycles. The number of carboxylic acids is 1. The molecule has 5 nitrogen and oxygen atoms in total. The van der Waals surface area contributed by atoms with Gasteiger partial charge >= 0.3 is 5.97 Å². The van der Waals surface area contributed by atoms with Gasteiger partial charge in [-0.2, -0.15) is 0 Å². The van der Waals surface area contributed by atoms with Crippen LogP contribution in [0.2, 0.25) is 0 Å². The number of methoxy groups -OCH3 is 1. The summed E-state index contributed by atoms with van der Waals surface area (Å²) in [6, 6.07) is 0. The van der Waals surface area contributed by atoms with E-state index in [0.717, 1.165) is 6.42 Å². The molecule has 0 aromatic rings. The maximum Gasteiger partial charge on any atom is 0.303 e. The molecule has 1 aliphatic heterocycles. The number of carboxylic acid groups (broad SMARTS) is 1. The van der Waals surface area contributed by atoms with Crippen molar-refractivity contribution in [2.45, 2.75) is 26.2 Å². The first-order valence-corrected chi connectivity index (χ1v) is 6.19. The summed E-state index contributed by atoms with van der Waals surface area (Å²) in [7, 11) is 1.66. The molecule has 1 rings (SSSR count). The number of carbonyl (C=O) groups is 2. The van der Waals surface area contributed by atoms with Crippen LogP contribution in [0.4, 0.5) is 0 Å². The summed E-state index contributed by atoms with van der Waals surface area (Å²) in [4.78, 5) is 24.2. The van der Waals surface area contributed by atoms with E-state index in [2.05, 4.69) is 0 Å². The zero-order valence-electron chi connectivity index (χ0n) is 11.0. The topological polar surface area (TPSA) is 66.8 Å². The van der Waals surface area contributed by atoms with E-state index in [4.69, 9.17) is 9.84 Å². The molecule has 0 fully saturated rings. The van der Waals surface area contributed by atoms with Gasteiger partial charge in [-0.15, -0.1) is 0 Å². The minimum atomic E-state index is -0.851. The van der Waals surface area contributed by atoms with E-state index in [1.807, 2.05) is 6.08 Å². The molecule has 5 heteroatoms. The Labute approximate surface area is 107 Å². The minimum Gasteiger partial charge on any atom is -0.481 e. The second-order valence-corrected chi connectivity index (χ2v) is 4.79. The van der Waals surface area contributed by atoms with Gasteiger partial charge in [0.25, 0.3) is 0 Å².